The number of benzene rings is 1. The third-order valence-electron chi connectivity index (χ3n) is 2.81. The van der Waals surface area contributed by atoms with Gasteiger partial charge in [-0.1, -0.05) is 23.2 Å². The molecule has 0 atom stereocenters. The van der Waals surface area contributed by atoms with Crippen LogP contribution in [0.4, 0.5) is 5.69 Å². The lowest BCUT2D eigenvalue weighted by Gasteiger charge is -2.12. The summed E-state index contributed by atoms with van der Waals surface area (Å²) in [5, 5.41) is 4.30. The van der Waals surface area contributed by atoms with Crippen molar-refractivity contribution >= 4 is 28.9 Å². The average molecular weight is 313 g/mol. The SMILES string of the molecule is COc1ccc(NCc2c(Cl)cncc2Cl)cc1OC. The summed E-state index contributed by atoms with van der Waals surface area (Å²) < 4.78 is 10.4. The smallest absolute Gasteiger partial charge is 0.162 e. The monoisotopic (exact) mass is 312 g/mol. The van der Waals surface area contributed by atoms with Gasteiger partial charge in [0.05, 0.1) is 24.3 Å². The van der Waals surface area contributed by atoms with E-state index in [1.165, 1.54) is 0 Å². The quantitative estimate of drug-likeness (QED) is 0.905. The van der Waals surface area contributed by atoms with Crippen molar-refractivity contribution in [2.24, 2.45) is 0 Å². The fourth-order valence-corrected chi connectivity index (χ4v) is 2.24. The molecule has 0 amide bonds. The summed E-state index contributed by atoms with van der Waals surface area (Å²) in [5.41, 5.74) is 1.68. The number of halogens is 2. The number of nitrogens with zero attached hydrogens (tertiary/aromatic N) is 1. The van der Waals surface area contributed by atoms with E-state index in [4.69, 9.17) is 32.7 Å². The summed E-state index contributed by atoms with van der Waals surface area (Å²) in [7, 11) is 3.19. The Bertz CT molecular complexity index is 585. The zero-order chi connectivity index (χ0) is 14.5. The van der Waals surface area contributed by atoms with Crippen molar-refractivity contribution in [3.8, 4) is 11.5 Å². The van der Waals surface area contributed by atoms with Gasteiger partial charge in [0, 0.05) is 36.3 Å². The van der Waals surface area contributed by atoms with Crippen LogP contribution in [-0.4, -0.2) is 19.2 Å². The van der Waals surface area contributed by atoms with Crippen LogP contribution in [0, 0.1) is 0 Å². The van der Waals surface area contributed by atoms with E-state index in [0.29, 0.717) is 28.1 Å². The molecule has 0 aliphatic heterocycles. The van der Waals surface area contributed by atoms with Gasteiger partial charge in [-0.2, -0.15) is 0 Å². The molecule has 0 aliphatic rings. The van der Waals surface area contributed by atoms with Gasteiger partial charge in [0.15, 0.2) is 11.5 Å². The van der Waals surface area contributed by atoms with Gasteiger partial charge in [0.2, 0.25) is 0 Å². The van der Waals surface area contributed by atoms with E-state index in [0.717, 1.165) is 11.3 Å². The van der Waals surface area contributed by atoms with Gasteiger partial charge in [-0.3, -0.25) is 4.98 Å². The highest BCUT2D eigenvalue weighted by atomic mass is 35.5. The maximum absolute atomic E-state index is 6.07. The predicted octanol–water partition coefficient (Wildman–Crippen LogP) is 4.02. The molecule has 4 nitrogen and oxygen atoms in total. The van der Waals surface area contributed by atoms with Crippen LogP contribution in [0.2, 0.25) is 10.0 Å². The summed E-state index contributed by atoms with van der Waals surface area (Å²) in [5.74, 6) is 1.34. The van der Waals surface area contributed by atoms with Crippen LogP contribution in [0.15, 0.2) is 30.6 Å². The van der Waals surface area contributed by atoms with Crippen molar-refractivity contribution in [1.29, 1.82) is 0 Å². The number of hydrogen-bond acceptors (Lipinski definition) is 4. The Balaban J connectivity index is 2.15. The average Bonchev–Trinajstić information content (AvgIpc) is 2.46. The number of nitrogens with one attached hydrogen (secondary N) is 1. The van der Waals surface area contributed by atoms with E-state index in [-0.39, 0.29) is 0 Å². The van der Waals surface area contributed by atoms with Crippen LogP contribution in [0.25, 0.3) is 0 Å². The van der Waals surface area contributed by atoms with Gasteiger partial charge in [0.1, 0.15) is 0 Å². The zero-order valence-electron chi connectivity index (χ0n) is 11.1. The fourth-order valence-electron chi connectivity index (χ4n) is 1.74. The number of anilines is 1. The van der Waals surface area contributed by atoms with Gasteiger partial charge in [-0.25, -0.2) is 0 Å². The highest BCUT2D eigenvalue weighted by Crippen LogP contribution is 2.30. The molecule has 0 aliphatic carbocycles. The molecule has 0 fully saturated rings. The van der Waals surface area contributed by atoms with Crippen molar-refractivity contribution in [2.45, 2.75) is 6.54 Å². The van der Waals surface area contributed by atoms with E-state index in [1.807, 2.05) is 18.2 Å². The van der Waals surface area contributed by atoms with E-state index in [1.54, 1.807) is 26.6 Å². The van der Waals surface area contributed by atoms with Gasteiger partial charge in [-0.05, 0) is 12.1 Å². The van der Waals surface area contributed by atoms with Crippen molar-refractivity contribution in [3.63, 3.8) is 0 Å². The second-order valence-electron chi connectivity index (χ2n) is 4.01. The van der Waals surface area contributed by atoms with Gasteiger partial charge in [0.25, 0.3) is 0 Å². The van der Waals surface area contributed by atoms with Crippen molar-refractivity contribution < 1.29 is 9.47 Å². The highest BCUT2D eigenvalue weighted by Gasteiger charge is 2.08. The lowest BCUT2D eigenvalue weighted by atomic mass is 10.2. The molecule has 1 aromatic heterocycles. The lowest BCUT2D eigenvalue weighted by Crippen LogP contribution is -2.02. The maximum Gasteiger partial charge on any atom is 0.162 e. The number of pyridine rings is 1. The number of aromatic nitrogens is 1. The molecule has 0 radical (unpaired) electrons. The lowest BCUT2D eigenvalue weighted by molar-refractivity contribution is 0.355. The summed E-state index contributed by atoms with van der Waals surface area (Å²) in [6.45, 7) is 0.496. The van der Waals surface area contributed by atoms with Crippen molar-refractivity contribution in [1.82, 2.24) is 4.98 Å². The largest absolute Gasteiger partial charge is 0.493 e. The summed E-state index contributed by atoms with van der Waals surface area (Å²) in [6, 6.07) is 5.57. The van der Waals surface area contributed by atoms with Gasteiger partial charge < -0.3 is 14.8 Å². The first-order valence-electron chi connectivity index (χ1n) is 5.89. The van der Waals surface area contributed by atoms with Crippen LogP contribution >= 0.6 is 23.2 Å². The normalized spacial score (nSPS) is 10.2. The number of ether oxygens (including phenoxy) is 2. The standard InChI is InChI=1S/C14H14Cl2N2O2/c1-19-13-4-3-9(5-14(13)20-2)18-6-10-11(15)7-17-8-12(10)16/h3-5,7-8,18H,6H2,1-2H3. The summed E-state index contributed by atoms with van der Waals surface area (Å²) in [6.07, 6.45) is 3.14. The molecule has 1 N–H and O–H groups in total. The Labute approximate surface area is 127 Å². The molecule has 0 spiro atoms. The fraction of sp³-hybridized carbons (Fsp3) is 0.214. The third kappa shape index (κ3) is 3.26. The van der Waals surface area contributed by atoms with E-state index in [2.05, 4.69) is 10.3 Å². The zero-order valence-corrected chi connectivity index (χ0v) is 12.6. The van der Waals surface area contributed by atoms with Crippen LogP contribution in [-0.2, 0) is 6.54 Å². The first-order chi connectivity index (χ1) is 9.65. The Kier molecular flexibility index (Phi) is 4.93. The molecule has 0 saturated carbocycles. The molecule has 106 valence electrons. The molecule has 6 heteroatoms. The summed E-state index contributed by atoms with van der Waals surface area (Å²) >= 11 is 12.1. The highest BCUT2D eigenvalue weighted by molar-refractivity contribution is 6.35. The predicted molar refractivity (Wildman–Crippen MR) is 81.1 cm³/mol. The third-order valence-corrected chi connectivity index (χ3v) is 3.46. The number of methoxy groups -OCH3 is 2. The van der Waals surface area contributed by atoms with Crippen LogP contribution in [0.1, 0.15) is 5.56 Å². The van der Waals surface area contributed by atoms with Gasteiger partial charge in [-0.15, -0.1) is 0 Å². The molecule has 0 bridgehead atoms. The van der Waals surface area contributed by atoms with E-state index in [9.17, 15) is 0 Å². The second kappa shape index (κ2) is 6.68. The first kappa shape index (κ1) is 14.8. The molecule has 0 unspecified atom stereocenters. The minimum Gasteiger partial charge on any atom is -0.493 e. The molecule has 0 saturated heterocycles. The van der Waals surface area contributed by atoms with Crippen LogP contribution in [0.5, 0.6) is 11.5 Å². The summed E-state index contributed by atoms with van der Waals surface area (Å²) in [4.78, 5) is 3.92. The Morgan fingerprint density at radius 2 is 1.70 bits per heavy atom. The van der Waals surface area contributed by atoms with Crippen molar-refractivity contribution in [3.05, 3.63) is 46.2 Å². The molecular weight excluding hydrogens is 299 g/mol. The molecule has 1 heterocycles. The van der Waals surface area contributed by atoms with Crippen LogP contribution < -0.4 is 14.8 Å². The molecule has 20 heavy (non-hydrogen) atoms. The number of rotatable bonds is 5. The minimum absolute atomic E-state index is 0.496. The Morgan fingerprint density at radius 3 is 2.30 bits per heavy atom. The number of hydrogen-bond donors (Lipinski definition) is 1. The van der Waals surface area contributed by atoms with Crippen molar-refractivity contribution in [2.75, 3.05) is 19.5 Å². The molecular formula is C14H14Cl2N2O2. The Hall–Kier alpha value is -1.65. The van der Waals surface area contributed by atoms with E-state index >= 15 is 0 Å². The van der Waals surface area contributed by atoms with Crippen LogP contribution in [0.3, 0.4) is 0 Å². The maximum atomic E-state index is 6.07. The topological polar surface area (TPSA) is 43.4 Å². The van der Waals surface area contributed by atoms with Gasteiger partial charge >= 0.3 is 0 Å². The first-order valence-corrected chi connectivity index (χ1v) is 6.65. The molecule has 2 rings (SSSR count). The Morgan fingerprint density at radius 1 is 1.05 bits per heavy atom. The minimum atomic E-state index is 0.496. The van der Waals surface area contributed by atoms with E-state index < -0.39 is 0 Å². The molecule has 1 aromatic carbocycles. The second-order valence-corrected chi connectivity index (χ2v) is 4.82. The molecule has 2 aromatic rings.